The van der Waals surface area contributed by atoms with Crippen molar-refractivity contribution in [3.63, 3.8) is 0 Å². The Morgan fingerprint density at radius 1 is 0.622 bits per heavy atom. The van der Waals surface area contributed by atoms with E-state index in [9.17, 15) is 14.0 Å². The van der Waals surface area contributed by atoms with Gasteiger partial charge in [0.15, 0.2) is 0 Å². The maximum atomic E-state index is 13.1. The minimum atomic E-state index is -0.413. The minimum Gasteiger partial charge on any atom is -0.466 e. The molecule has 0 heterocycles. The van der Waals surface area contributed by atoms with Gasteiger partial charge in [-0.05, 0) is 31.4 Å². The Balaban J connectivity index is 1.78. The first-order chi connectivity index (χ1) is 18.1. The summed E-state index contributed by atoms with van der Waals surface area (Å²) in [6.45, 7) is 2.83. The zero-order chi connectivity index (χ0) is 26.8. The summed E-state index contributed by atoms with van der Waals surface area (Å²) in [7, 11) is 0. The van der Waals surface area contributed by atoms with E-state index in [0.717, 1.165) is 51.4 Å². The molecule has 0 spiro atoms. The second-order valence-electron chi connectivity index (χ2n) is 10.4. The number of hydrogen-bond donors (Lipinski definition) is 0. The first-order valence-corrected chi connectivity index (χ1v) is 15.2. The van der Waals surface area contributed by atoms with E-state index in [4.69, 9.17) is 9.47 Å². The van der Waals surface area contributed by atoms with Crippen LogP contribution in [-0.4, -0.2) is 18.5 Å². The second kappa shape index (κ2) is 24.4. The Kier molecular flexibility index (Phi) is 21.9. The first kappa shape index (κ1) is 33.1. The van der Waals surface area contributed by atoms with Crippen LogP contribution in [0.15, 0.2) is 24.3 Å². The van der Waals surface area contributed by atoms with Gasteiger partial charge in [-0.25, -0.2) is 4.39 Å². The molecule has 0 unspecified atom stereocenters. The molecule has 0 amide bonds. The highest BCUT2D eigenvalue weighted by Gasteiger charge is 2.06. The molecule has 0 aliphatic rings. The third kappa shape index (κ3) is 21.8. The summed E-state index contributed by atoms with van der Waals surface area (Å²) in [5.74, 6) is -0.563. The first-order valence-electron chi connectivity index (χ1n) is 15.2. The van der Waals surface area contributed by atoms with Crippen LogP contribution in [0.4, 0.5) is 4.39 Å². The lowest BCUT2D eigenvalue weighted by Gasteiger charge is -2.06. The zero-order valence-corrected chi connectivity index (χ0v) is 23.6. The third-order valence-electron chi connectivity index (χ3n) is 6.80. The van der Waals surface area contributed by atoms with E-state index in [1.165, 1.54) is 95.2 Å². The number of esters is 2. The molecule has 1 aromatic carbocycles. The number of hydrogen-bond acceptors (Lipinski definition) is 4. The Morgan fingerprint density at radius 3 is 1.59 bits per heavy atom. The lowest BCUT2D eigenvalue weighted by atomic mass is 10.0. The largest absolute Gasteiger partial charge is 0.466 e. The topological polar surface area (TPSA) is 52.6 Å². The molecule has 1 aromatic rings. The summed E-state index contributed by atoms with van der Waals surface area (Å²) in [5, 5.41) is 0. The Labute approximate surface area is 226 Å². The monoisotopic (exact) mass is 520 g/mol. The van der Waals surface area contributed by atoms with Gasteiger partial charge in [-0.3, -0.25) is 9.59 Å². The molecular formula is C32H53FO4. The Bertz CT molecular complexity index is 691. The number of halogens is 1. The second-order valence-corrected chi connectivity index (χ2v) is 10.4. The number of carbonyl (C=O) groups is 2. The van der Waals surface area contributed by atoms with E-state index in [-0.39, 0.29) is 17.7 Å². The van der Waals surface area contributed by atoms with Gasteiger partial charge in [0.2, 0.25) is 0 Å². The fraction of sp³-hybridized carbons (Fsp3) is 0.750. The van der Waals surface area contributed by atoms with Crippen LogP contribution < -0.4 is 4.74 Å². The van der Waals surface area contributed by atoms with Gasteiger partial charge in [-0.2, -0.15) is 0 Å². The SMILES string of the molecule is CCCCCCCCCCCCCCCCOC(=O)CCCCCCCCC(=O)Oc1cccc(F)c1. The highest BCUT2D eigenvalue weighted by molar-refractivity contribution is 5.72. The van der Waals surface area contributed by atoms with Crippen LogP contribution >= 0.6 is 0 Å². The molecule has 0 radical (unpaired) electrons. The van der Waals surface area contributed by atoms with Gasteiger partial charge < -0.3 is 9.47 Å². The van der Waals surface area contributed by atoms with Crippen molar-refractivity contribution in [3.05, 3.63) is 30.1 Å². The zero-order valence-electron chi connectivity index (χ0n) is 23.6. The van der Waals surface area contributed by atoms with Crippen LogP contribution in [0.5, 0.6) is 5.75 Å². The molecule has 0 saturated heterocycles. The molecule has 0 saturated carbocycles. The highest BCUT2D eigenvalue weighted by atomic mass is 19.1. The van der Waals surface area contributed by atoms with E-state index >= 15 is 0 Å². The maximum absolute atomic E-state index is 13.1. The molecule has 1 rings (SSSR count). The normalized spacial score (nSPS) is 11.0. The number of ether oxygens (including phenoxy) is 2. The number of rotatable bonds is 25. The van der Waals surface area contributed by atoms with Crippen LogP contribution in [0.2, 0.25) is 0 Å². The van der Waals surface area contributed by atoms with Crippen molar-refractivity contribution in [3.8, 4) is 5.75 Å². The van der Waals surface area contributed by atoms with Crippen LogP contribution in [-0.2, 0) is 14.3 Å². The van der Waals surface area contributed by atoms with Gasteiger partial charge in [-0.15, -0.1) is 0 Å². The van der Waals surface area contributed by atoms with Gasteiger partial charge in [-0.1, -0.05) is 122 Å². The fourth-order valence-electron chi connectivity index (χ4n) is 4.51. The van der Waals surface area contributed by atoms with Gasteiger partial charge in [0, 0.05) is 18.9 Å². The van der Waals surface area contributed by atoms with Crippen molar-refractivity contribution in [2.75, 3.05) is 6.61 Å². The summed E-state index contributed by atoms with van der Waals surface area (Å²) in [6, 6.07) is 5.63. The van der Waals surface area contributed by atoms with E-state index in [1.54, 1.807) is 6.07 Å². The van der Waals surface area contributed by atoms with E-state index in [2.05, 4.69) is 6.92 Å². The summed E-state index contributed by atoms with van der Waals surface area (Å²) in [5.41, 5.74) is 0. The van der Waals surface area contributed by atoms with E-state index < -0.39 is 5.82 Å². The molecule has 0 aliphatic heterocycles. The van der Waals surface area contributed by atoms with Crippen molar-refractivity contribution < 1.29 is 23.5 Å². The van der Waals surface area contributed by atoms with Crippen LogP contribution in [0.3, 0.4) is 0 Å². The molecule has 0 aromatic heterocycles. The lowest BCUT2D eigenvalue weighted by Crippen LogP contribution is -2.07. The third-order valence-corrected chi connectivity index (χ3v) is 6.80. The van der Waals surface area contributed by atoms with Crippen LogP contribution in [0, 0.1) is 5.82 Å². The van der Waals surface area contributed by atoms with Gasteiger partial charge in [0.1, 0.15) is 11.6 Å². The number of carbonyl (C=O) groups excluding carboxylic acids is 2. The average Bonchev–Trinajstić information content (AvgIpc) is 2.88. The summed E-state index contributed by atoms with van der Waals surface area (Å²) < 4.78 is 23.6. The smallest absolute Gasteiger partial charge is 0.311 e. The molecule has 0 N–H and O–H groups in total. The van der Waals surface area contributed by atoms with Gasteiger partial charge in [0.05, 0.1) is 6.61 Å². The maximum Gasteiger partial charge on any atom is 0.311 e. The van der Waals surface area contributed by atoms with Gasteiger partial charge in [0.25, 0.3) is 0 Å². The highest BCUT2D eigenvalue weighted by Crippen LogP contribution is 2.15. The predicted molar refractivity (Wildman–Crippen MR) is 150 cm³/mol. The number of unbranched alkanes of at least 4 members (excludes halogenated alkanes) is 18. The van der Waals surface area contributed by atoms with E-state index in [0.29, 0.717) is 19.4 Å². The molecule has 0 atom stereocenters. The van der Waals surface area contributed by atoms with Crippen molar-refractivity contribution in [2.24, 2.45) is 0 Å². The van der Waals surface area contributed by atoms with Crippen LogP contribution in [0.1, 0.15) is 148 Å². The Hall–Kier alpha value is -1.91. The molecular weight excluding hydrogens is 467 g/mol. The molecule has 0 fully saturated rings. The van der Waals surface area contributed by atoms with Crippen molar-refractivity contribution in [2.45, 2.75) is 148 Å². The minimum absolute atomic E-state index is 0.0743. The standard InChI is InChI=1S/C32H53FO4/c1-2-3-4-5-6-7-8-9-10-11-12-15-18-21-27-36-31(34)25-19-16-13-14-17-20-26-32(35)37-30-24-22-23-29(33)28-30/h22-24,28H,2-21,25-27H2,1H3. The molecule has 0 aliphatic carbocycles. The molecule has 212 valence electrons. The van der Waals surface area contributed by atoms with Crippen molar-refractivity contribution in [1.82, 2.24) is 0 Å². The van der Waals surface area contributed by atoms with Crippen molar-refractivity contribution in [1.29, 1.82) is 0 Å². The van der Waals surface area contributed by atoms with Crippen LogP contribution in [0.25, 0.3) is 0 Å². The summed E-state index contributed by atoms with van der Waals surface area (Å²) >= 11 is 0. The molecule has 4 nitrogen and oxygen atoms in total. The van der Waals surface area contributed by atoms with Gasteiger partial charge >= 0.3 is 11.9 Å². The van der Waals surface area contributed by atoms with Crippen molar-refractivity contribution >= 4 is 11.9 Å². The summed E-state index contributed by atoms with van der Waals surface area (Å²) in [4.78, 5) is 23.6. The lowest BCUT2D eigenvalue weighted by molar-refractivity contribution is -0.144. The summed E-state index contributed by atoms with van der Waals surface area (Å²) in [6.07, 6.45) is 25.0. The molecule has 5 heteroatoms. The Morgan fingerprint density at radius 2 is 1.08 bits per heavy atom. The average molecular weight is 521 g/mol. The molecule has 37 heavy (non-hydrogen) atoms. The fourth-order valence-corrected chi connectivity index (χ4v) is 4.51. The molecule has 0 bridgehead atoms. The predicted octanol–water partition coefficient (Wildman–Crippen LogP) is 9.88. The number of benzene rings is 1. The van der Waals surface area contributed by atoms with E-state index in [1.807, 2.05) is 0 Å². The quantitative estimate of drug-likeness (QED) is 0.0731.